The summed E-state index contributed by atoms with van der Waals surface area (Å²) in [6.45, 7) is 7.71. The molecule has 1 aliphatic heterocycles. The number of carbonyl (C=O) groups excluding carboxylic acids is 3. The molecule has 0 radical (unpaired) electrons. The molecule has 3 heterocycles. The van der Waals surface area contributed by atoms with E-state index >= 15 is 0 Å². The molecule has 1 aliphatic rings. The van der Waals surface area contributed by atoms with Crippen LogP contribution in [0.4, 0.5) is 29.5 Å². The van der Waals surface area contributed by atoms with Gasteiger partial charge in [0.05, 0.1) is 23.3 Å². The molecule has 238 valence electrons. The minimum absolute atomic E-state index is 0.157. The number of hydrogen-bond acceptors (Lipinski definition) is 6. The molecule has 2 aromatic heterocycles. The third kappa shape index (κ3) is 6.79. The van der Waals surface area contributed by atoms with Gasteiger partial charge in [-0.1, -0.05) is 6.07 Å². The number of nitrogens with zero attached hydrogens (tertiary/aromatic N) is 5. The van der Waals surface area contributed by atoms with Crippen molar-refractivity contribution in [2.45, 2.75) is 58.4 Å². The molecule has 0 saturated heterocycles. The van der Waals surface area contributed by atoms with Crippen molar-refractivity contribution < 1.29 is 32.3 Å². The van der Waals surface area contributed by atoms with Crippen LogP contribution in [0.15, 0.2) is 48.7 Å². The van der Waals surface area contributed by atoms with Crippen molar-refractivity contribution in [2.75, 3.05) is 23.3 Å². The number of carbonyl (C=O) groups is 3. The fourth-order valence-electron chi connectivity index (χ4n) is 5.19. The van der Waals surface area contributed by atoms with Crippen molar-refractivity contribution in [2.24, 2.45) is 7.05 Å². The minimum atomic E-state index is -4.47. The van der Waals surface area contributed by atoms with Gasteiger partial charge in [0, 0.05) is 43.2 Å². The number of aryl methyl sites for hydroxylation is 1. The Morgan fingerprint density at radius 2 is 1.80 bits per heavy atom. The molecule has 45 heavy (non-hydrogen) atoms. The van der Waals surface area contributed by atoms with Gasteiger partial charge in [-0.15, -0.1) is 0 Å². The maximum Gasteiger partial charge on any atom is 0.416 e. The zero-order valence-corrected chi connectivity index (χ0v) is 25.5. The highest BCUT2D eigenvalue weighted by Crippen LogP contribution is 2.36. The molecule has 0 aliphatic carbocycles. The van der Waals surface area contributed by atoms with E-state index in [4.69, 9.17) is 4.74 Å². The Morgan fingerprint density at radius 3 is 2.47 bits per heavy atom. The highest BCUT2D eigenvalue weighted by Gasteiger charge is 2.35. The molecule has 5 rings (SSSR count). The molecule has 4 aromatic rings. The topological polar surface area (TPSA) is 123 Å². The SMILES string of the molecule is C[C@H]1CN(c2ccc(C(F)(F)F)cc2)C(=O)c2c(-c3ccc4c(NC(=O)CCCNC(=O)OC(C)(C)C)nn(C)c4c3)cnn21. The van der Waals surface area contributed by atoms with Gasteiger partial charge in [0.15, 0.2) is 5.82 Å². The minimum Gasteiger partial charge on any atom is -0.444 e. The fraction of sp³-hybridized carbons (Fsp3) is 0.387. The molecule has 14 heteroatoms. The summed E-state index contributed by atoms with van der Waals surface area (Å²) in [6, 6.07) is 9.75. The van der Waals surface area contributed by atoms with Crippen LogP contribution in [0, 0.1) is 0 Å². The third-order valence-electron chi connectivity index (χ3n) is 7.28. The van der Waals surface area contributed by atoms with Crippen LogP contribution in [-0.4, -0.2) is 56.2 Å². The van der Waals surface area contributed by atoms with Gasteiger partial charge in [-0.2, -0.15) is 23.4 Å². The fourth-order valence-corrected chi connectivity index (χ4v) is 5.19. The summed E-state index contributed by atoms with van der Waals surface area (Å²) >= 11 is 0. The molecular weight excluding hydrogens is 591 g/mol. The summed E-state index contributed by atoms with van der Waals surface area (Å²) in [7, 11) is 1.74. The van der Waals surface area contributed by atoms with E-state index in [0.29, 0.717) is 45.6 Å². The van der Waals surface area contributed by atoms with Crippen molar-refractivity contribution >= 4 is 40.3 Å². The number of rotatable bonds is 7. The van der Waals surface area contributed by atoms with E-state index in [0.717, 1.165) is 12.1 Å². The van der Waals surface area contributed by atoms with Crippen molar-refractivity contribution in [3.05, 3.63) is 59.9 Å². The number of ether oxygens (including phenoxy) is 1. The Balaban J connectivity index is 1.32. The van der Waals surface area contributed by atoms with Crippen molar-refractivity contribution in [3.63, 3.8) is 0 Å². The van der Waals surface area contributed by atoms with Crippen LogP contribution in [0.1, 0.15) is 62.6 Å². The quantitative estimate of drug-likeness (QED) is 0.246. The van der Waals surface area contributed by atoms with E-state index in [1.54, 1.807) is 55.5 Å². The maximum absolute atomic E-state index is 13.7. The maximum atomic E-state index is 13.7. The Kier molecular flexibility index (Phi) is 8.34. The van der Waals surface area contributed by atoms with Gasteiger partial charge in [-0.05, 0) is 76.1 Å². The van der Waals surface area contributed by atoms with Crippen molar-refractivity contribution in [1.29, 1.82) is 0 Å². The number of amides is 3. The highest BCUT2D eigenvalue weighted by molar-refractivity contribution is 6.10. The summed E-state index contributed by atoms with van der Waals surface area (Å²) in [4.78, 5) is 39.6. The van der Waals surface area contributed by atoms with Gasteiger partial charge in [0.1, 0.15) is 11.3 Å². The van der Waals surface area contributed by atoms with Crippen molar-refractivity contribution in [1.82, 2.24) is 24.9 Å². The smallest absolute Gasteiger partial charge is 0.416 e. The lowest BCUT2D eigenvalue weighted by molar-refractivity contribution is -0.137. The van der Waals surface area contributed by atoms with Gasteiger partial charge >= 0.3 is 12.3 Å². The lowest BCUT2D eigenvalue weighted by Crippen LogP contribution is -2.42. The molecule has 2 N–H and O–H groups in total. The van der Waals surface area contributed by atoms with E-state index in [2.05, 4.69) is 20.8 Å². The monoisotopic (exact) mass is 625 g/mol. The zero-order chi connectivity index (χ0) is 32.7. The van der Waals surface area contributed by atoms with E-state index in [9.17, 15) is 27.6 Å². The van der Waals surface area contributed by atoms with Gasteiger partial charge in [-0.3, -0.25) is 19.0 Å². The first-order valence-electron chi connectivity index (χ1n) is 14.4. The first kappa shape index (κ1) is 31.5. The van der Waals surface area contributed by atoms with Gasteiger partial charge < -0.3 is 20.3 Å². The molecule has 0 unspecified atom stereocenters. The molecule has 0 spiro atoms. The van der Waals surface area contributed by atoms with E-state index in [1.165, 1.54) is 17.0 Å². The van der Waals surface area contributed by atoms with Crippen LogP contribution in [0.25, 0.3) is 22.0 Å². The number of fused-ring (bicyclic) bond motifs is 2. The molecular formula is C31H34F3N7O4. The van der Waals surface area contributed by atoms with E-state index in [-0.39, 0.29) is 37.4 Å². The lowest BCUT2D eigenvalue weighted by Gasteiger charge is -2.32. The van der Waals surface area contributed by atoms with Gasteiger partial charge in [0.25, 0.3) is 5.91 Å². The largest absolute Gasteiger partial charge is 0.444 e. The number of benzene rings is 2. The Hall–Kier alpha value is -4.88. The van der Waals surface area contributed by atoms with Crippen LogP contribution >= 0.6 is 0 Å². The second kappa shape index (κ2) is 11.9. The van der Waals surface area contributed by atoms with Gasteiger partial charge in [0.2, 0.25) is 5.91 Å². The number of halogens is 3. The highest BCUT2D eigenvalue weighted by atomic mass is 19.4. The molecule has 0 bridgehead atoms. The number of alkyl halides is 3. The standard InChI is InChI=1S/C31H34F3N7O4/c1-18-17-40(21-11-9-20(10-12-21)31(32,33)34)28(43)26-23(16-36-41(18)26)19-8-13-22-24(15-19)39(5)38-27(22)37-25(42)7-6-14-35-29(44)45-30(2,3)4/h8-13,15-16,18H,6-7,14,17H2,1-5H3,(H,35,44)(H,37,38,42)/t18-/m0/s1. The third-order valence-corrected chi connectivity index (χ3v) is 7.28. The van der Waals surface area contributed by atoms with Gasteiger partial charge in [-0.25, -0.2) is 4.79 Å². The lowest BCUT2D eigenvalue weighted by atomic mass is 10.0. The molecule has 3 amide bonds. The summed E-state index contributed by atoms with van der Waals surface area (Å²) in [5.41, 5.74) is 1.24. The summed E-state index contributed by atoms with van der Waals surface area (Å²) in [6.07, 6.45) is -2.85. The number of aromatic nitrogens is 4. The van der Waals surface area contributed by atoms with E-state index in [1.807, 2.05) is 13.0 Å². The van der Waals surface area contributed by atoms with Crippen LogP contribution in [0.5, 0.6) is 0 Å². The molecule has 0 fully saturated rings. The number of hydrogen-bond donors (Lipinski definition) is 2. The first-order chi connectivity index (χ1) is 21.1. The normalized spacial score (nSPS) is 15.2. The predicted octanol–water partition coefficient (Wildman–Crippen LogP) is 5.92. The number of anilines is 2. The summed E-state index contributed by atoms with van der Waals surface area (Å²) in [5.74, 6) is -0.266. The van der Waals surface area contributed by atoms with Crippen LogP contribution in [-0.2, 0) is 22.8 Å². The zero-order valence-electron chi connectivity index (χ0n) is 25.5. The summed E-state index contributed by atoms with van der Waals surface area (Å²) in [5, 5.41) is 15.1. The summed E-state index contributed by atoms with van der Waals surface area (Å²) < 4.78 is 47.7. The van der Waals surface area contributed by atoms with Crippen LogP contribution in [0.3, 0.4) is 0 Å². The number of nitrogens with one attached hydrogen (secondary N) is 2. The molecule has 0 saturated carbocycles. The number of alkyl carbamates (subject to hydrolysis) is 1. The average molecular weight is 626 g/mol. The molecule has 11 nitrogen and oxygen atoms in total. The molecule has 1 atom stereocenters. The Bertz CT molecular complexity index is 1750. The molecule has 2 aromatic carbocycles. The van der Waals surface area contributed by atoms with Crippen molar-refractivity contribution in [3.8, 4) is 11.1 Å². The Morgan fingerprint density at radius 1 is 1.09 bits per heavy atom. The Labute approximate surface area is 257 Å². The predicted molar refractivity (Wildman–Crippen MR) is 162 cm³/mol. The van der Waals surface area contributed by atoms with Crippen LogP contribution < -0.4 is 15.5 Å². The second-order valence-corrected chi connectivity index (χ2v) is 11.9. The average Bonchev–Trinajstić information content (AvgIpc) is 3.54. The van der Waals surface area contributed by atoms with Crippen LogP contribution in [0.2, 0.25) is 0 Å². The van der Waals surface area contributed by atoms with E-state index < -0.39 is 23.4 Å². The first-order valence-corrected chi connectivity index (χ1v) is 14.4. The second-order valence-electron chi connectivity index (χ2n) is 11.9.